The normalized spacial score (nSPS) is 24.0. The number of ether oxygens (including phenoxy) is 1. The third-order valence-electron chi connectivity index (χ3n) is 2.77. The van der Waals surface area contributed by atoms with E-state index >= 15 is 0 Å². The van der Waals surface area contributed by atoms with Crippen LogP contribution in [0.4, 0.5) is 0 Å². The van der Waals surface area contributed by atoms with Crippen molar-refractivity contribution in [1.29, 1.82) is 0 Å². The maximum Gasteiger partial charge on any atom is 0.332 e. The van der Waals surface area contributed by atoms with E-state index in [2.05, 4.69) is 10.6 Å². The van der Waals surface area contributed by atoms with Crippen molar-refractivity contribution >= 4 is 17.8 Å². The smallest absolute Gasteiger partial charge is 0.332 e. The number of carboxylic acids is 1. The highest BCUT2D eigenvalue weighted by Crippen LogP contribution is 2.19. The molecule has 0 radical (unpaired) electrons. The minimum atomic E-state index is -1.07. The topological polar surface area (TPSA) is 105 Å². The van der Waals surface area contributed by atoms with Crippen LogP contribution in [0.3, 0.4) is 0 Å². The highest BCUT2D eigenvalue weighted by molar-refractivity contribution is 5.89. The molecule has 1 unspecified atom stereocenters. The molecule has 3 N–H and O–H groups in total. The van der Waals surface area contributed by atoms with E-state index in [1.165, 1.54) is 0 Å². The van der Waals surface area contributed by atoms with Gasteiger partial charge in [-0.15, -0.1) is 0 Å². The third-order valence-corrected chi connectivity index (χ3v) is 2.77. The molecule has 0 aliphatic carbocycles. The molecule has 2 amide bonds. The molecule has 0 spiro atoms. The lowest BCUT2D eigenvalue weighted by Gasteiger charge is -2.18. The summed E-state index contributed by atoms with van der Waals surface area (Å²) in [6, 6.07) is -0.687. The minimum absolute atomic E-state index is 0.00836. The van der Waals surface area contributed by atoms with Gasteiger partial charge in [0, 0.05) is 6.04 Å². The highest BCUT2D eigenvalue weighted by Gasteiger charge is 2.35. The maximum absolute atomic E-state index is 11.8. The van der Waals surface area contributed by atoms with Crippen LogP contribution in [0.5, 0.6) is 0 Å². The Labute approximate surface area is 111 Å². The maximum atomic E-state index is 11.8. The lowest BCUT2D eigenvalue weighted by atomic mass is 10.2. The van der Waals surface area contributed by atoms with Gasteiger partial charge < -0.3 is 20.5 Å². The van der Waals surface area contributed by atoms with Crippen molar-refractivity contribution in [2.24, 2.45) is 0 Å². The first-order chi connectivity index (χ1) is 8.81. The van der Waals surface area contributed by atoms with Crippen LogP contribution in [-0.4, -0.2) is 47.2 Å². The Morgan fingerprint density at radius 3 is 2.16 bits per heavy atom. The van der Waals surface area contributed by atoms with E-state index in [4.69, 9.17) is 9.84 Å². The number of nitrogens with one attached hydrogen (secondary N) is 2. The summed E-state index contributed by atoms with van der Waals surface area (Å²) in [4.78, 5) is 34.1. The van der Waals surface area contributed by atoms with Gasteiger partial charge in [0.15, 0.2) is 6.10 Å². The van der Waals surface area contributed by atoms with Gasteiger partial charge in [0.25, 0.3) is 0 Å². The fraction of sp³-hybridized carbons (Fsp3) is 0.750. The summed E-state index contributed by atoms with van der Waals surface area (Å²) in [7, 11) is 0. The summed E-state index contributed by atoms with van der Waals surface area (Å²) in [6.07, 6.45) is -1.08. The molecular formula is C12H20N2O5. The van der Waals surface area contributed by atoms with Crippen molar-refractivity contribution in [2.45, 2.75) is 57.9 Å². The van der Waals surface area contributed by atoms with Crippen LogP contribution < -0.4 is 10.6 Å². The summed E-state index contributed by atoms with van der Waals surface area (Å²) in [5, 5.41) is 14.0. The first kappa shape index (κ1) is 15.4. The lowest BCUT2D eigenvalue weighted by Crippen LogP contribution is -2.49. The number of aliphatic carboxylic acids is 1. The first-order valence-electron chi connectivity index (χ1n) is 6.30. The summed E-state index contributed by atoms with van der Waals surface area (Å²) in [5.41, 5.74) is 0. The third kappa shape index (κ3) is 4.51. The van der Waals surface area contributed by atoms with Gasteiger partial charge in [-0.1, -0.05) is 0 Å². The van der Waals surface area contributed by atoms with Crippen LogP contribution >= 0.6 is 0 Å². The van der Waals surface area contributed by atoms with E-state index in [1.807, 2.05) is 13.8 Å². The summed E-state index contributed by atoms with van der Waals surface area (Å²) >= 11 is 0. The van der Waals surface area contributed by atoms with Crippen molar-refractivity contribution in [2.75, 3.05) is 0 Å². The van der Waals surface area contributed by atoms with Crippen LogP contribution in [0.15, 0.2) is 0 Å². The molecule has 1 rings (SSSR count). The van der Waals surface area contributed by atoms with Crippen LogP contribution in [0.1, 0.15) is 33.6 Å². The number of carbonyl (C=O) groups excluding carboxylic acids is 2. The Bertz CT molecular complexity index is 369. The molecule has 0 aromatic rings. The van der Waals surface area contributed by atoms with E-state index in [1.54, 1.807) is 6.92 Å². The van der Waals surface area contributed by atoms with Crippen molar-refractivity contribution in [3.63, 3.8) is 0 Å². The lowest BCUT2D eigenvalue weighted by molar-refractivity contribution is -0.152. The second kappa shape index (κ2) is 6.51. The average molecular weight is 272 g/mol. The van der Waals surface area contributed by atoms with Gasteiger partial charge in [-0.25, -0.2) is 4.79 Å². The van der Waals surface area contributed by atoms with Crippen molar-refractivity contribution in [1.82, 2.24) is 10.6 Å². The molecule has 0 saturated carbocycles. The first-order valence-corrected chi connectivity index (χ1v) is 6.30. The van der Waals surface area contributed by atoms with E-state index in [0.29, 0.717) is 12.8 Å². The molecule has 1 saturated heterocycles. The summed E-state index contributed by atoms with van der Waals surface area (Å²) in [6.45, 7) is 5.22. The summed E-state index contributed by atoms with van der Waals surface area (Å²) in [5.74, 6) is -1.80. The monoisotopic (exact) mass is 272 g/mol. The second-order valence-corrected chi connectivity index (χ2v) is 4.92. The Hall–Kier alpha value is -1.63. The van der Waals surface area contributed by atoms with Gasteiger partial charge in [-0.2, -0.15) is 0 Å². The Kier molecular flexibility index (Phi) is 5.29. The second-order valence-electron chi connectivity index (χ2n) is 4.92. The van der Waals surface area contributed by atoms with Gasteiger partial charge in [0.1, 0.15) is 12.1 Å². The van der Waals surface area contributed by atoms with Gasteiger partial charge in [0.2, 0.25) is 11.8 Å². The zero-order valence-electron chi connectivity index (χ0n) is 11.3. The summed E-state index contributed by atoms with van der Waals surface area (Å²) < 4.78 is 5.10. The Morgan fingerprint density at radius 2 is 1.68 bits per heavy atom. The van der Waals surface area contributed by atoms with Crippen molar-refractivity contribution in [3.8, 4) is 0 Å². The fourth-order valence-electron chi connectivity index (χ4n) is 1.79. The highest BCUT2D eigenvalue weighted by atomic mass is 16.5. The molecule has 7 nitrogen and oxygen atoms in total. The number of rotatable bonds is 5. The quantitative estimate of drug-likeness (QED) is 0.634. The molecule has 0 aromatic heterocycles. The average Bonchev–Trinajstić information content (AvgIpc) is 2.77. The van der Waals surface area contributed by atoms with Crippen LogP contribution in [0.25, 0.3) is 0 Å². The van der Waals surface area contributed by atoms with E-state index in [0.717, 1.165) is 0 Å². The number of hydrogen-bond donors (Lipinski definition) is 3. The van der Waals surface area contributed by atoms with Crippen molar-refractivity contribution in [3.05, 3.63) is 0 Å². The molecule has 3 atom stereocenters. The molecular weight excluding hydrogens is 252 g/mol. The number of carboxylic acid groups (broad SMARTS) is 1. The minimum Gasteiger partial charge on any atom is -0.479 e. The zero-order chi connectivity index (χ0) is 14.6. The molecule has 7 heteroatoms. The van der Waals surface area contributed by atoms with Crippen molar-refractivity contribution < 1.29 is 24.2 Å². The SMILES string of the molecule is CC(C)NC(=O)C(C)NC(=O)[C@@H]1CC[C@H](C(=O)O)O1. The molecule has 19 heavy (non-hydrogen) atoms. The predicted octanol–water partition coefficient (Wildman–Crippen LogP) is -0.352. The van der Waals surface area contributed by atoms with E-state index < -0.39 is 30.1 Å². The van der Waals surface area contributed by atoms with Gasteiger partial charge in [-0.05, 0) is 33.6 Å². The van der Waals surface area contributed by atoms with Crippen LogP contribution in [0, 0.1) is 0 Å². The van der Waals surface area contributed by atoms with Gasteiger partial charge in [-0.3, -0.25) is 9.59 Å². The molecule has 1 aliphatic heterocycles. The molecule has 1 aliphatic rings. The van der Waals surface area contributed by atoms with Gasteiger partial charge in [0.05, 0.1) is 0 Å². The van der Waals surface area contributed by atoms with E-state index in [-0.39, 0.29) is 11.9 Å². The molecule has 1 heterocycles. The van der Waals surface area contributed by atoms with Crippen LogP contribution in [-0.2, 0) is 19.1 Å². The molecule has 0 bridgehead atoms. The number of amides is 2. The molecule has 0 aromatic carbocycles. The largest absolute Gasteiger partial charge is 0.479 e. The van der Waals surface area contributed by atoms with Gasteiger partial charge >= 0.3 is 5.97 Å². The Balaban J connectivity index is 2.43. The molecule has 108 valence electrons. The molecule has 1 fully saturated rings. The zero-order valence-corrected chi connectivity index (χ0v) is 11.3. The Morgan fingerprint density at radius 1 is 1.11 bits per heavy atom. The van der Waals surface area contributed by atoms with Crippen LogP contribution in [0.2, 0.25) is 0 Å². The number of carbonyl (C=O) groups is 3. The number of hydrogen-bond acceptors (Lipinski definition) is 4. The fourth-order valence-corrected chi connectivity index (χ4v) is 1.79. The standard InChI is InChI=1S/C12H20N2O5/c1-6(2)13-10(15)7(3)14-11(16)8-4-5-9(19-8)12(17)18/h6-9H,4-5H2,1-3H3,(H,13,15)(H,14,16)(H,17,18)/t7?,8-,9+/m0/s1. The van der Waals surface area contributed by atoms with E-state index in [9.17, 15) is 14.4 Å². The predicted molar refractivity (Wildman–Crippen MR) is 66.4 cm³/mol.